The molecule has 1 aromatic carbocycles. The van der Waals surface area contributed by atoms with Gasteiger partial charge >= 0.3 is 0 Å². The maximum Gasteiger partial charge on any atom is 0.191 e. The van der Waals surface area contributed by atoms with Crippen LogP contribution in [-0.2, 0) is 7.05 Å². The zero-order valence-electron chi connectivity index (χ0n) is 12.0. The van der Waals surface area contributed by atoms with Gasteiger partial charge in [-0.05, 0) is 38.1 Å². The van der Waals surface area contributed by atoms with Crippen molar-refractivity contribution < 1.29 is 9.53 Å². The normalized spacial score (nSPS) is 12.2. The Bertz CT molecular complexity index is 607. The van der Waals surface area contributed by atoms with Gasteiger partial charge in [0.05, 0.1) is 12.4 Å². The summed E-state index contributed by atoms with van der Waals surface area (Å²) in [5.41, 5.74) is 0.671. The van der Waals surface area contributed by atoms with Gasteiger partial charge < -0.3 is 9.30 Å². The van der Waals surface area contributed by atoms with Crippen LogP contribution < -0.4 is 4.74 Å². The Morgan fingerprint density at radius 1 is 1.30 bits per heavy atom. The van der Waals surface area contributed by atoms with Gasteiger partial charge in [-0.25, -0.2) is 0 Å². The second kappa shape index (κ2) is 6.09. The molecule has 0 bridgehead atoms. The van der Waals surface area contributed by atoms with Crippen molar-refractivity contribution in [2.75, 3.05) is 7.11 Å². The SMILES string of the molecule is COc1ccc(C(=O)C(C)Sc2nnc(C)n2C)cc1. The third-order valence-electron chi connectivity index (χ3n) is 3.08. The number of nitrogens with zero attached hydrogens (tertiary/aromatic N) is 3. The molecule has 1 atom stereocenters. The lowest BCUT2D eigenvalue weighted by atomic mass is 10.1. The zero-order valence-corrected chi connectivity index (χ0v) is 12.8. The van der Waals surface area contributed by atoms with E-state index in [0.29, 0.717) is 5.56 Å². The highest BCUT2D eigenvalue weighted by Crippen LogP contribution is 2.24. The molecule has 0 amide bonds. The highest BCUT2D eigenvalue weighted by Gasteiger charge is 2.19. The summed E-state index contributed by atoms with van der Waals surface area (Å²) in [5, 5.41) is 8.58. The van der Waals surface area contributed by atoms with E-state index in [1.165, 1.54) is 11.8 Å². The number of benzene rings is 1. The van der Waals surface area contributed by atoms with Crippen molar-refractivity contribution in [1.82, 2.24) is 14.8 Å². The summed E-state index contributed by atoms with van der Waals surface area (Å²) in [6.45, 7) is 3.76. The first-order valence-corrected chi connectivity index (χ1v) is 7.12. The second-order valence-corrected chi connectivity index (χ2v) is 5.75. The Balaban J connectivity index is 2.09. The molecule has 1 unspecified atom stereocenters. The van der Waals surface area contributed by atoms with Gasteiger partial charge in [0.2, 0.25) is 0 Å². The van der Waals surface area contributed by atoms with Crippen molar-refractivity contribution in [1.29, 1.82) is 0 Å². The lowest BCUT2D eigenvalue weighted by molar-refractivity contribution is 0.0994. The highest BCUT2D eigenvalue weighted by atomic mass is 32.2. The summed E-state index contributed by atoms with van der Waals surface area (Å²) in [6.07, 6.45) is 0. The number of carbonyl (C=O) groups is 1. The van der Waals surface area contributed by atoms with Crippen LogP contribution in [0.1, 0.15) is 23.1 Å². The Kier molecular flexibility index (Phi) is 4.44. The van der Waals surface area contributed by atoms with E-state index in [9.17, 15) is 4.79 Å². The van der Waals surface area contributed by atoms with E-state index in [2.05, 4.69) is 10.2 Å². The minimum absolute atomic E-state index is 0.0679. The average molecular weight is 291 g/mol. The lowest BCUT2D eigenvalue weighted by Crippen LogP contribution is -2.14. The number of ketones is 1. The molecule has 6 heteroatoms. The molecule has 0 saturated heterocycles. The molecule has 0 aliphatic carbocycles. The molecule has 0 spiro atoms. The number of aryl methyl sites for hydroxylation is 1. The lowest BCUT2D eigenvalue weighted by Gasteiger charge is -2.10. The van der Waals surface area contributed by atoms with Gasteiger partial charge in [-0.3, -0.25) is 4.79 Å². The van der Waals surface area contributed by atoms with E-state index in [4.69, 9.17) is 4.74 Å². The first-order valence-electron chi connectivity index (χ1n) is 6.24. The van der Waals surface area contributed by atoms with Gasteiger partial charge in [-0.15, -0.1) is 10.2 Å². The molecule has 0 radical (unpaired) electrons. The summed E-state index contributed by atoms with van der Waals surface area (Å²) in [5.74, 6) is 1.64. The maximum atomic E-state index is 12.3. The Hall–Kier alpha value is -1.82. The summed E-state index contributed by atoms with van der Waals surface area (Å²) in [6, 6.07) is 7.13. The van der Waals surface area contributed by atoms with Crippen molar-refractivity contribution >= 4 is 17.5 Å². The van der Waals surface area contributed by atoms with E-state index < -0.39 is 0 Å². The van der Waals surface area contributed by atoms with E-state index in [0.717, 1.165) is 16.7 Å². The van der Waals surface area contributed by atoms with E-state index >= 15 is 0 Å². The quantitative estimate of drug-likeness (QED) is 0.626. The molecule has 20 heavy (non-hydrogen) atoms. The fourth-order valence-electron chi connectivity index (χ4n) is 1.69. The van der Waals surface area contributed by atoms with Crippen molar-refractivity contribution in [2.24, 2.45) is 7.05 Å². The molecule has 2 aromatic rings. The fraction of sp³-hybridized carbons (Fsp3) is 0.357. The monoisotopic (exact) mass is 291 g/mol. The topological polar surface area (TPSA) is 57.0 Å². The molecule has 0 aliphatic rings. The molecule has 106 valence electrons. The number of rotatable bonds is 5. The number of hydrogen-bond donors (Lipinski definition) is 0. The summed E-state index contributed by atoms with van der Waals surface area (Å²) in [7, 11) is 3.49. The average Bonchev–Trinajstić information content (AvgIpc) is 2.78. The molecule has 0 saturated carbocycles. The van der Waals surface area contributed by atoms with E-state index in [-0.39, 0.29) is 11.0 Å². The molecule has 1 heterocycles. The second-order valence-electron chi connectivity index (χ2n) is 4.44. The van der Waals surface area contributed by atoms with Crippen LogP contribution in [0.3, 0.4) is 0 Å². The minimum atomic E-state index is -0.217. The number of aromatic nitrogens is 3. The first kappa shape index (κ1) is 14.6. The minimum Gasteiger partial charge on any atom is -0.497 e. The van der Waals surface area contributed by atoms with Crippen LogP contribution in [0.4, 0.5) is 0 Å². The number of thioether (sulfide) groups is 1. The van der Waals surface area contributed by atoms with Crippen molar-refractivity contribution in [3.63, 3.8) is 0 Å². The fourth-order valence-corrected chi connectivity index (χ4v) is 2.63. The molecule has 1 aromatic heterocycles. The summed E-state index contributed by atoms with van der Waals surface area (Å²) in [4.78, 5) is 12.3. The molecular weight excluding hydrogens is 274 g/mol. The van der Waals surface area contributed by atoms with Gasteiger partial charge in [0.1, 0.15) is 11.6 Å². The predicted molar refractivity (Wildman–Crippen MR) is 78.4 cm³/mol. The predicted octanol–water partition coefficient (Wildman–Crippen LogP) is 2.50. The number of ether oxygens (including phenoxy) is 1. The van der Waals surface area contributed by atoms with Crippen LogP contribution in [-0.4, -0.2) is 32.9 Å². The number of carbonyl (C=O) groups excluding carboxylic acids is 1. The Morgan fingerprint density at radius 3 is 2.45 bits per heavy atom. The van der Waals surface area contributed by atoms with Crippen molar-refractivity contribution in [2.45, 2.75) is 24.3 Å². The molecule has 0 N–H and O–H groups in total. The zero-order chi connectivity index (χ0) is 14.7. The molecule has 0 aliphatic heterocycles. The number of Topliss-reactive ketones (excluding diaryl/α,β-unsaturated/α-hetero) is 1. The first-order chi connectivity index (χ1) is 9.52. The standard InChI is InChI=1S/C14H17N3O2S/c1-9(20-14-16-15-10(2)17(14)3)13(18)11-5-7-12(19-4)8-6-11/h5-9H,1-4H3. The van der Waals surface area contributed by atoms with Crippen LogP contribution in [0.2, 0.25) is 0 Å². The van der Waals surface area contributed by atoms with Crippen LogP contribution in [0.15, 0.2) is 29.4 Å². The van der Waals surface area contributed by atoms with Gasteiger partial charge in [0, 0.05) is 12.6 Å². The smallest absolute Gasteiger partial charge is 0.191 e. The summed E-state index contributed by atoms with van der Waals surface area (Å²) < 4.78 is 6.96. The molecule has 2 rings (SSSR count). The molecule has 0 fully saturated rings. The highest BCUT2D eigenvalue weighted by molar-refractivity contribution is 8.00. The van der Waals surface area contributed by atoms with Gasteiger partial charge in [0.15, 0.2) is 10.9 Å². The third kappa shape index (κ3) is 3.01. The maximum absolute atomic E-state index is 12.3. The largest absolute Gasteiger partial charge is 0.497 e. The Morgan fingerprint density at radius 2 is 1.95 bits per heavy atom. The molecule has 5 nitrogen and oxygen atoms in total. The summed E-state index contributed by atoms with van der Waals surface area (Å²) >= 11 is 1.41. The van der Waals surface area contributed by atoms with Gasteiger partial charge in [-0.2, -0.15) is 0 Å². The van der Waals surface area contributed by atoms with Crippen molar-refractivity contribution in [3.05, 3.63) is 35.7 Å². The van der Waals surface area contributed by atoms with E-state index in [1.54, 1.807) is 31.4 Å². The van der Waals surface area contributed by atoms with Crippen LogP contribution in [0, 0.1) is 6.92 Å². The Labute approximate surface area is 122 Å². The molecular formula is C14H17N3O2S. The van der Waals surface area contributed by atoms with Gasteiger partial charge in [-0.1, -0.05) is 11.8 Å². The number of methoxy groups -OCH3 is 1. The number of hydrogen-bond acceptors (Lipinski definition) is 5. The van der Waals surface area contributed by atoms with Crippen LogP contribution in [0.5, 0.6) is 5.75 Å². The van der Waals surface area contributed by atoms with Crippen LogP contribution in [0.25, 0.3) is 0 Å². The van der Waals surface area contributed by atoms with E-state index in [1.807, 2.05) is 25.5 Å². The van der Waals surface area contributed by atoms with Gasteiger partial charge in [0.25, 0.3) is 0 Å². The van der Waals surface area contributed by atoms with Crippen molar-refractivity contribution in [3.8, 4) is 5.75 Å². The third-order valence-corrected chi connectivity index (χ3v) is 4.21. The van der Waals surface area contributed by atoms with Crippen LogP contribution >= 0.6 is 11.8 Å².